The molecule has 0 aliphatic rings. The van der Waals surface area contributed by atoms with Crippen LogP contribution in [0.4, 0.5) is 5.69 Å². The number of nitro groups is 1. The number of fused-ring (bicyclic) bond motifs is 1. The number of H-pyrrole nitrogens is 1. The maximum atomic E-state index is 12.2. The van der Waals surface area contributed by atoms with E-state index in [1.807, 2.05) is 0 Å². The Morgan fingerprint density at radius 2 is 2.08 bits per heavy atom. The van der Waals surface area contributed by atoms with Gasteiger partial charge in [0.05, 0.1) is 28.0 Å². The molecular weight excluding hydrogens is 310 g/mol. The number of aromatic nitrogens is 2. The lowest BCUT2D eigenvalue weighted by Crippen LogP contribution is -2.19. The van der Waals surface area contributed by atoms with Crippen molar-refractivity contribution in [3.05, 3.63) is 70.0 Å². The SMILES string of the molecule is CC(=NNC(=O)c1ccc2nc[nH]c2c1)c1cccc([N+](=O)[O-])c1. The Morgan fingerprint density at radius 3 is 2.88 bits per heavy atom. The Kier molecular flexibility index (Phi) is 4.02. The molecule has 0 fully saturated rings. The van der Waals surface area contributed by atoms with Crippen LogP contribution in [0.25, 0.3) is 11.0 Å². The van der Waals surface area contributed by atoms with Crippen LogP contribution in [0.1, 0.15) is 22.8 Å². The van der Waals surface area contributed by atoms with Gasteiger partial charge in [0, 0.05) is 23.3 Å². The summed E-state index contributed by atoms with van der Waals surface area (Å²) in [5.74, 6) is -0.378. The lowest BCUT2D eigenvalue weighted by atomic mass is 10.1. The zero-order valence-corrected chi connectivity index (χ0v) is 12.7. The van der Waals surface area contributed by atoms with E-state index in [2.05, 4.69) is 20.5 Å². The zero-order chi connectivity index (χ0) is 17.1. The lowest BCUT2D eigenvalue weighted by molar-refractivity contribution is -0.384. The molecule has 1 amide bonds. The number of carbonyl (C=O) groups is 1. The molecule has 8 heteroatoms. The molecule has 1 aromatic heterocycles. The Bertz CT molecular complexity index is 961. The summed E-state index contributed by atoms with van der Waals surface area (Å²) in [5.41, 5.74) is 5.40. The number of hydrogen-bond acceptors (Lipinski definition) is 5. The van der Waals surface area contributed by atoms with Crippen molar-refractivity contribution in [3.63, 3.8) is 0 Å². The van der Waals surface area contributed by atoms with Crippen molar-refractivity contribution in [2.24, 2.45) is 5.10 Å². The number of nitrogens with one attached hydrogen (secondary N) is 2. The number of rotatable bonds is 4. The molecule has 120 valence electrons. The molecule has 0 spiro atoms. The third kappa shape index (κ3) is 3.12. The fourth-order valence-electron chi connectivity index (χ4n) is 2.19. The van der Waals surface area contributed by atoms with Crippen LogP contribution in [-0.4, -0.2) is 26.5 Å². The second-order valence-corrected chi connectivity index (χ2v) is 5.08. The zero-order valence-electron chi connectivity index (χ0n) is 12.7. The lowest BCUT2D eigenvalue weighted by Gasteiger charge is -2.03. The summed E-state index contributed by atoms with van der Waals surface area (Å²) in [5, 5.41) is 14.8. The number of non-ortho nitro benzene ring substituents is 1. The molecule has 8 nitrogen and oxygen atoms in total. The highest BCUT2D eigenvalue weighted by atomic mass is 16.6. The van der Waals surface area contributed by atoms with Crippen molar-refractivity contribution in [3.8, 4) is 0 Å². The van der Waals surface area contributed by atoms with E-state index in [0.717, 1.165) is 11.0 Å². The van der Waals surface area contributed by atoms with E-state index in [1.54, 1.807) is 43.6 Å². The third-order valence-corrected chi connectivity index (χ3v) is 3.48. The van der Waals surface area contributed by atoms with E-state index < -0.39 is 4.92 Å². The van der Waals surface area contributed by atoms with Gasteiger partial charge in [-0.2, -0.15) is 5.10 Å². The van der Waals surface area contributed by atoms with Gasteiger partial charge >= 0.3 is 0 Å². The van der Waals surface area contributed by atoms with Gasteiger partial charge in [-0.15, -0.1) is 0 Å². The van der Waals surface area contributed by atoms with Crippen molar-refractivity contribution in [1.29, 1.82) is 0 Å². The molecule has 3 aromatic rings. The monoisotopic (exact) mass is 323 g/mol. The first-order valence-electron chi connectivity index (χ1n) is 7.07. The predicted molar refractivity (Wildman–Crippen MR) is 88.9 cm³/mol. The van der Waals surface area contributed by atoms with Crippen molar-refractivity contribution >= 4 is 28.3 Å². The summed E-state index contributed by atoms with van der Waals surface area (Å²) in [6.07, 6.45) is 1.55. The number of nitrogens with zero attached hydrogens (tertiary/aromatic N) is 3. The summed E-state index contributed by atoms with van der Waals surface area (Å²) in [6.45, 7) is 1.66. The first-order valence-corrected chi connectivity index (χ1v) is 7.07. The largest absolute Gasteiger partial charge is 0.345 e. The van der Waals surface area contributed by atoms with Crippen LogP contribution in [-0.2, 0) is 0 Å². The van der Waals surface area contributed by atoms with Crippen molar-refractivity contribution in [2.45, 2.75) is 6.92 Å². The topological polar surface area (TPSA) is 113 Å². The van der Waals surface area contributed by atoms with Gasteiger partial charge < -0.3 is 4.98 Å². The van der Waals surface area contributed by atoms with Crippen LogP contribution >= 0.6 is 0 Å². The summed E-state index contributed by atoms with van der Waals surface area (Å²) >= 11 is 0. The van der Waals surface area contributed by atoms with Gasteiger partial charge in [0.15, 0.2) is 0 Å². The quantitative estimate of drug-likeness (QED) is 0.436. The second kappa shape index (κ2) is 6.29. The average Bonchev–Trinajstić information content (AvgIpc) is 3.07. The maximum absolute atomic E-state index is 12.2. The highest BCUT2D eigenvalue weighted by Crippen LogP contribution is 2.14. The van der Waals surface area contributed by atoms with Crippen LogP contribution in [0.2, 0.25) is 0 Å². The molecule has 0 atom stereocenters. The van der Waals surface area contributed by atoms with Gasteiger partial charge in [-0.3, -0.25) is 14.9 Å². The molecule has 0 saturated carbocycles. The summed E-state index contributed by atoms with van der Waals surface area (Å²) in [4.78, 5) is 29.5. The van der Waals surface area contributed by atoms with Crippen LogP contribution in [0.3, 0.4) is 0 Å². The van der Waals surface area contributed by atoms with Gasteiger partial charge in [-0.05, 0) is 25.1 Å². The molecule has 2 aromatic carbocycles. The Balaban J connectivity index is 1.77. The fraction of sp³-hybridized carbons (Fsp3) is 0.0625. The van der Waals surface area contributed by atoms with E-state index in [-0.39, 0.29) is 11.6 Å². The minimum atomic E-state index is -0.477. The molecule has 3 rings (SSSR count). The number of imidazole rings is 1. The maximum Gasteiger partial charge on any atom is 0.271 e. The molecule has 0 bridgehead atoms. The molecule has 0 aliphatic carbocycles. The number of nitro benzene ring substituents is 1. The standard InChI is InChI=1S/C16H13N5O3/c1-10(11-3-2-4-13(7-11)21(23)24)19-20-16(22)12-5-6-14-15(8-12)18-9-17-14/h2-9H,1H3,(H,17,18)(H,20,22). The Morgan fingerprint density at radius 1 is 1.25 bits per heavy atom. The molecule has 0 radical (unpaired) electrons. The number of aromatic amines is 1. The smallest absolute Gasteiger partial charge is 0.271 e. The molecule has 24 heavy (non-hydrogen) atoms. The number of amides is 1. The van der Waals surface area contributed by atoms with Crippen LogP contribution < -0.4 is 5.43 Å². The minimum absolute atomic E-state index is 0.0296. The summed E-state index contributed by atoms with van der Waals surface area (Å²) in [7, 11) is 0. The summed E-state index contributed by atoms with van der Waals surface area (Å²) in [6, 6.07) is 11.1. The molecule has 2 N–H and O–H groups in total. The molecule has 0 saturated heterocycles. The second-order valence-electron chi connectivity index (χ2n) is 5.08. The van der Waals surface area contributed by atoms with Crippen LogP contribution in [0.15, 0.2) is 53.9 Å². The first-order chi connectivity index (χ1) is 11.5. The van der Waals surface area contributed by atoms with Crippen molar-refractivity contribution in [2.75, 3.05) is 0 Å². The van der Waals surface area contributed by atoms with E-state index in [4.69, 9.17) is 0 Å². The predicted octanol–water partition coefficient (Wildman–Crippen LogP) is 2.63. The van der Waals surface area contributed by atoms with E-state index in [0.29, 0.717) is 16.8 Å². The van der Waals surface area contributed by atoms with Crippen molar-refractivity contribution < 1.29 is 9.72 Å². The van der Waals surface area contributed by atoms with E-state index in [1.165, 1.54) is 12.1 Å². The van der Waals surface area contributed by atoms with Crippen molar-refractivity contribution in [1.82, 2.24) is 15.4 Å². The van der Waals surface area contributed by atoms with E-state index in [9.17, 15) is 14.9 Å². The minimum Gasteiger partial charge on any atom is -0.345 e. The molecule has 1 heterocycles. The van der Waals surface area contributed by atoms with Gasteiger partial charge in [-0.1, -0.05) is 12.1 Å². The van der Waals surface area contributed by atoms with Crippen LogP contribution in [0.5, 0.6) is 0 Å². The summed E-state index contributed by atoms with van der Waals surface area (Å²) < 4.78 is 0. The Hall–Kier alpha value is -3.55. The third-order valence-electron chi connectivity index (χ3n) is 3.48. The number of hydrogen-bond donors (Lipinski definition) is 2. The van der Waals surface area contributed by atoms with Gasteiger partial charge in [-0.25, -0.2) is 10.4 Å². The molecule has 0 unspecified atom stereocenters. The fourth-order valence-corrected chi connectivity index (χ4v) is 2.19. The molecule has 0 aliphatic heterocycles. The Labute approximate surface area is 136 Å². The number of hydrazone groups is 1. The highest BCUT2D eigenvalue weighted by Gasteiger charge is 2.09. The number of carbonyl (C=O) groups excluding carboxylic acids is 1. The number of benzene rings is 2. The van der Waals surface area contributed by atoms with Crippen LogP contribution in [0, 0.1) is 10.1 Å². The first kappa shape index (κ1) is 15.3. The average molecular weight is 323 g/mol. The van der Waals surface area contributed by atoms with Gasteiger partial charge in [0.2, 0.25) is 0 Å². The normalized spacial score (nSPS) is 11.5. The van der Waals surface area contributed by atoms with Gasteiger partial charge in [0.1, 0.15) is 0 Å². The highest BCUT2D eigenvalue weighted by molar-refractivity contribution is 6.02. The van der Waals surface area contributed by atoms with Gasteiger partial charge in [0.25, 0.3) is 11.6 Å². The molecular formula is C16H13N5O3. The van der Waals surface area contributed by atoms with E-state index >= 15 is 0 Å².